The lowest BCUT2D eigenvalue weighted by atomic mass is 10.1. The number of rotatable bonds is 3. The van der Waals surface area contributed by atoms with Crippen LogP contribution in [0.15, 0.2) is 18.2 Å². The van der Waals surface area contributed by atoms with E-state index in [9.17, 15) is 14.7 Å². The molecule has 0 aliphatic carbocycles. The number of carbonyl (C=O) groups excluding carboxylic acids is 2. The van der Waals surface area contributed by atoms with Crippen molar-refractivity contribution in [3.05, 3.63) is 29.3 Å². The minimum atomic E-state index is -0.741. The lowest BCUT2D eigenvalue weighted by Crippen LogP contribution is -2.42. The van der Waals surface area contributed by atoms with E-state index in [0.29, 0.717) is 5.56 Å². The van der Waals surface area contributed by atoms with Crippen molar-refractivity contribution in [2.24, 2.45) is 5.73 Å². The summed E-state index contributed by atoms with van der Waals surface area (Å²) in [6.45, 7) is 3.25. The number of phenols is 1. The Bertz CT molecular complexity index is 409. The first-order valence-electron chi connectivity index (χ1n) is 4.81. The molecule has 1 rings (SSSR count). The summed E-state index contributed by atoms with van der Waals surface area (Å²) in [5.41, 5.74) is 6.08. The zero-order valence-corrected chi connectivity index (χ0v) is 9.15. The number of benzene rings is 1. The fraction of sp³-hybridized carbons (Fsp3) is 0.273. The highest BCUT2D eigenvalue weighted by Crippen LogP contribution is 2.14. The highest BCUT2D eigenvalue weighted by atomic mass is 16.3. The Hall–Kier alpha value is -2.04. The molecule has 4 N–H and O–H groups in total. The minimum Gasteiger partial charge on any atom is -0.508 e. The summed E-state index contributed by atoms with van der Waals surface area (Å²) < 4.78 is 0. The van der Waals surface area contributed by atoms with Crippen molar-refractivity contribution < 1.29 is 14.7 Å². The number of phenolic OH excluding ortho intramolecular Hbond substituents is 1. The molecule has 2 amide bonds. The molecule has 5 nitrogen and oxygen atoms in total. The number of carbonyl (C=O) groups is 2. The van der Waals surface area contributed by atoms with Crippen LogP contribution >= 0.6 is 0 Å². The molecule has 0 aliphatic rings. The summed E-state index contributed by atoms with van der Waals surface area (Å²) in [5.74, 6) is -1.03. The molecule has 0 saturated heterocycles. The van der Waals surface area contributed by atoms with Crippen molar-refractivity contribution in [3.8, 4) is 5.75 Å². The Morgan fingerprint density at radius 2 is 2.00 bits per heavy atom. The Morgan fingerprint density at radius 3 is 2.50 bits per heavy atom. The van der Waals surface area contributed by atoms with Gasteiger partial charge in [-0.3, -0.25) is 9.59 Å². The quantitative estimate of drug-likeness (QED) is 0.687. The monoisotopic (exact) mass is 222 g/mol. The fourth-order valence-electron chi connectivity index (χ4n) is 1.25. The van der Waals surface area contributed by atoms with Crippen molar-refractivity contribution in [2.45, 2.75) is 19.9 Å². The van der Waals surface area contributed by atoms with Gasteiger partial charge in [0.1, 0.15) is 11.8 Å². The van der Waals surface area contributed by atoms with E-state index >= 15 is 0 Å². The van der Waals surface area contributed by atoms with E-state index in [1.54, 1.807) is 13.0 Å². The predicted octanol–water partition coefficient (Wildman–Crippen LogP) is 0.304. The molecule has 0 spiro atoms. The SMILES string of the molecule is Cc1cc(O)cc(C(=O)N[C@@H](C)C(N)=O)c1. The van der Waals surface area contributed by atoms with E-state index in [1.807, 2.05) is 0 Å². The van der Waals surface area contributed by atoms with Crippen LogP contribution in [0.1, 0.15) is 22.8 Å². The van der Waals surface area contributed by atoms with Crippen LogP contribution in [0, 0.1) is 6.92 Å². The molecule has 1 atom stereocenters. The molecule has 0 aliphatic heterocycles. The zero-order chi connectivity index (χ0) is 12.3. The Kier molecular flexibility index (Phi) is 3.50. The largest absolute Gasteiger partial charge is 0.508 e. The summed E-state index contributed by atoms with van der Waals surface area (Å²) in [4.78, 5) is 22.4. The van der Waals surface area contributed by atoms with Crippen molar-refractivity contribution in [3.63, 3.8) is 0 Å². The van der Waals surface area contributed by atoms with Gasteiger partial charge in [-0.05, 0) is 37.6 Å². The Labute approximate surface area is 93.3 Å². The lowest BCUT2D eigenvalue weighted by molar-refractivity contribution is -0.119. The third-order valence-electron chi connectivity index (χ3n) is 2.10. The van der Waals surface area contributed by atoms with E-state index in [0.717, 1.165) is 5.56 Å². The molecule has 1 aromatic carbocycles. The van der Waals surface area contributed by atoms with Gasteiger partial charge in [0, 0.05) is 5.56 Å². The van der Waals surface area contributed by atoms with Gasteiger partial charge in [-0.1, -0.05) is 0 Å². The van der Waals surface area contributed by atoms with Crippen molar-refractivity contribution in [2.75, 3.05) is 0 Å². The van der Waals surface area contributed by atoms with Crippen LogP contribution in [-0.2, 0) is 4.79 Å². The van der Waals surface area contributed by atoms with Gasteiger partial charge in [-0.2, -0.15) is 0 Å². The van der Waals surface area contributed by atoms with E-state index < -0.39 is 17.9 Å². The third kappa shape index (κ3) is 2.98. The van der Waals surface area contributed by atoms with Crippen molar-refractivity contribution in [1.29, 1.82) is 0 Å². The highest BCUT2D eigenvalue weighted by Gasteiger charge is 2.14. The van der Waals surface area contributed by atoms with Crippen LogP contribution in [0.2, 0.25) is 0 Å². The molecular formula is C11H14N2O3. The standard InChI is InChI=1S/C11H14N2O3/c1-6-3-8(5-9(14)4-6)11(16)13-7(2)10(12)15/h3-5,7,14H,1-2H3,(H2,12,15)(H,13,16)/t7-/m0/s1. The van der Waals surface area contributed by atoms with Gasteiger partial charge in [0.15, 0.2) is 0 Å². The molecule has 16 heavy (non-hydrogen) atoms. The average Bonchev–Trinajstić information content (AvgIpc) is 2.15. The fourth-order valence-corrected chi connectivity index (χ4v) is 1.25. The Balaban J connectivity index is 2.84. The highest BCUT2D eigenvalue weighted by molar-refractivity contribution is 5.97. The summed E-state index contributed by atoms with van der Waals surface area (Å²) in [5, 5.41) is 11.7. The molecule has 0 aromatic heterocycles. The zero-order valence-electron chi connectivity index (χ0n) is 9.15. The van der Waals surface area contributed by atoms with Gasteiger partial charge in [0.05, 0.1) is 0 Å². The van der Waals surface area contributed by atoms with Gasteiger partial charge in [-0.15, -0.1) is 0 Å². The van der Waals surface area contributed by atoms with Gasteiger partial charge >= 0.3 is 0 Å². The van der Waals surface area contributed by atoms with Gasteiger partial charge < -0.3 is 16.2 Å². The van der Waals surface area contributed by atoms with E-state index in [1.165, 1.54) is 19.1 Å². The number of hydrogen-bond donors (Lipinski definition) is 3. The van der Waals surface area contributed by atoms with Crippen LogP contribution in [0.3, 0.4) is 0 Å². The number of hydrogen-bond acceptors (Lipinski definition) is 3. The Morgan fingerprint density at radius 1 is 1.38 bits per heavy atom. The molecule has 0 bridgehead atoms. The first-order valence-corrected chi connectivity index (χ1v) is 4.81. The van der Waals surface area contributed by atoms with E-state index in [2.05, 4.69) is 5.32 Å². The van der Waals surface area contributed by atoms with Crippen LogP contribution in [0.25, 0.3) is 0 Å². The average molecular weight is 222 g/mol. The minimum absolute atomic E-state index is 0.0110. The molecule has 0 saturated carbocycles. The molecular weight excluding hydrogens is 208 g/mol. The summed E-state index contributed by atoms with van der Waals surface area (Å²) in [6.07, 6.45) is 0. The topological polar surface area (TPSA) is 92.4 Å². The number of aromatic hydroxyl groups is 1. The second-order valence-electron chi connectivity index (χ2n) is 3.65. The molecule has 1 aromatic rings. The van der Waals surface area contributed by atoms with Gasteiger partial charge in [-0.25, -0.2) is 0 Å². The van der Waals surface area contributed by atoms with Crippen LogP contribution < -0.4 is 11.1 Å². The normalized spacial score (nSPS) is 11.9. The predicted molar refractivity (Wildman–Crippen MR) is 59.0 cm³/mol. The number of aryl methyl sites for hydroxylation is 1. The van der Waals surface area contributed by atoms with Crippen LogP contribution in [-0.4, -0.2) is 23.0 Å². The molecule has 0 heterocycles. The number of amides is 2. The number of primary amides is 1. The molecule has 5 heteroatoms. The van der Waals surface area contributed by atoms with Crippen molar-refractivity contribution in [1.82, 2.24) is 5.32 Å². The maximum atomic E-state index is 11.6. The summed E-state index contributed by atoms with van der Waals surface area (Å²) >= 11 is 0. The maximum absolute atomic E-state index is 11.6. The summed E-state index contributed by atoms with van der Waals surface area (Å²) in [6, 6.07) is 3.74. The second kappa shape index (κ2) is 4.65. The molecule has 0 fully saturated rings. The van der Waals surface area contributed by atoms with Crippen LogP contribution in [0.4, 0.5) is 0 Å². The molecule has 0 radical (unpaired) electrons. The maximum Gasteiger partial charge on any atom is 0.252 e. The van der Waals surface area contributed by atoms with Crippen molar-refractivity contribution >= 4 is 11.8 Å². The first kappa shape index (κ1) is 12.0. The lowest BCUT2D eigenvalue weighted by Gasteiger charge is -2.10. The molecule has 86 valence electrons. The summed E-state index contributed by atoms with van der Waals surface area (Å²) in [7, 11) is 0. The number of nitrogens with one attached hydrogen (secondary N) is 1. The smallest absolute Gasteiger partial charge is 0.252 e. The molecule has 0 unspecified atom stereocenters. The second-order valence-corrected chi connectivity index (χ2v) is 3.65. The van der Waals surface area contributed by atoms with Crippen LogP contribution in [0.5, 0.6) is 5.75 Å². The number of nitrogens with two attached hydrogens (primary N) is 1. The van der Waals surface area contributed by atoms with E-state index in [4.69, 9.17) is 5.73 Å². The van der Waals surface area contributed by atoms with Gasteiger partial charge in [0.2, 0.25) is 5.91 Å². The van der Waals surface area contributed by atoms with Gasteiger partial charge in [0.25, 0.3) is 5.91 Å². The third-order valence-corrected chi connectivity index (χ3v) is 2.10. The first-order chi connectivity index (χ1) is 7.40. The van der Waals surface area contributed by atoms with E-state index in [-0.39, 0.29) is 5.75 Å².